The molecule has 0 amide bonds. The molecule has 1 aromatic heterocycles. The second-order valence-corrected chi connectivity index (χ2v) is 6.12. The quantitative estimate of drug-likeness (QED) is 0.794. The van der Waals surface area contributed by atoms with E-state index in [9.17, 15) is 0 Å². The minimum atomic E-state index is -0.0511. The Morgan fingerprint density at radius 3 is 2.68 bits per heavy atom. The minimum Gasteiger partial charge on any atom is -0.366 e. The maximum atomic E-state index is 6.25. The van der Waals surface area contributed by atoms with E-state index in [4.69, 9.17) is 9.47 Å². The fourth-order valence-corrected chi connectivity index (χ4v) is 3.18. The van der Waals surface area contributed by atoms with E-state index in [0.29, 0.717) is 12.5 Å². The Hall–Kier alpha value is -1.65. The van der Waals surface area contributed by atoms with Gasteiger partial charge in [0.05, 0.1) is 19.8 Å². The summed E-state index contributed by atoms with van der Waals surface area (Å²) in [6.45, 7) is 5.03. The number of aromatic nitrogens is 2. The lowest BCUT2D eigenvalue weighted by Gasteiger charge is -2.19. The van der Waals surface area contributed by atoms with Gasteiger partial charge in [-0.25, -0.2) is 9.13 Å². The number of benzene rings is 1. The summed E-state index contributed by atoms with van der Waals surface area (Å²) in [6.07, 6.45) is 7.40. The molecule has 1 fully saturated rings. The zero-order valence-corrected chi connectivity index (χ0v) is 13.6. The van der Waals surface area contributed by atoms with E-state index in [2.05, 4.69) is 30.5 Å². The van der Waals surface area contributed by atoms with Gasteiger partial charge in [0.15, 0.2) is 0 Å². The van der Waals surface area contributed by atoms with Crippen molar-refractivity contribution in [3.8, 4) is 0 Å². The number of rotatable bonds is 5. The molecule has 2 aromatic rings. The van der Waals surface area contributed by atoms with Crippen molar-refractivity contribution >= 4 is 0 Å². The molecule has 0 spiro atoms. The van der Waals surface area contributed by atoms with Crippen LogP contribution >= 0.6 is 0 Å². The Kier molecular flexibility index (Phi) is 4.60. The van der Waals surface area contributed by atoms with E-state index in [1.54, 1.807) is 0 Å². The van der Waals surface area contributed by atoms with Crippen LogP contribution in [0.2, 0.25) is 0 Å². The number of aryl methyl sites for hydroxylation is 1. The lowest BCUT2D eigenvalue weighted by Crippen LogP contribution is -2.29. The summed E-state index contributed by atoms with van der Waals surface area (Å²) in [6, 6.07) is 10.3. The SMILES string of the molecule is CC[C@H]1OC(n2cc[n+](C)c2)[C@@H](OCc2ccccc2)[C@@H]1C. The predicted molar refractivity (Wildman–Crippen MR) is 84.0 cm³/mol. The van der Waals surface area contributed by atoms with Gasteiger partial charge < -0.3 is 9.47 Å². The average Bonchev–Trinajstić information content (AvgIpc) is 3.10. The summed E-state index contributed by atoms with van der Waals surface area (Å²) in [4.78, 5) is 0. The van der Waals surface area contributed by atoms with Gasteiger partial charge in [-0.05, 0) is 12.0 Å². The highest BCUT2D eigenvalue weighted by Gasteiger charge is 2.45. The third-order valence-electron chi connectivity index (χ3n) is 4.47. The Bertz CT molecular complexity index is 596. The van der Waals surface area contributed by atoms with Crippen LogP contribution in [-0.2, 0) is 23.1 Å². The molecular weight excluding hydrogens is 276 g/mol. The summed E-state index contributed by atoms with van der Waals surface area (Å²) in [7, 11) is 2.02. The second-order valence-electron chi connectivity index (χ2n) is 6.12. The number of hydrogen-bond donors (Lipinski definition) is 0. The van der Waals surface area contributed by atoms with Crippen LogP contribution in [0.1, 0.15) is 32.1 Å². The van der Waals surface area contributed by atoms with E-state index >= 15 is 0 Å². The first-order valence-electron chi connectivity index (χ1n) is 8.02. The Labute approximate surface area is 132 Å². The van der Waals surface area contributed by atoms with Crippen LogP contribution in [0.15, 0.2) is 49.1 Å². The average molecular weight is 301 g/mol. The first-order chi connectivity index (χ1) is 10.7. The molecule has 0 aliphatic carbocycles. The molecule has 0 saturated carbocycles. The molecule has 1 aromatic carbocycles. The van der Waals surface area contributed by atoms with Gasteiger partial charge in [0.2, 0.25) is 12.6 Å². The molecular formula is C18H25N2O2+. The zero-order chi connectivity index (χ0) is 15.5. The van der Waals surface area contributed by atoms with Crippen LogP contribution in [0.4, 0.5) is 0 Å². The molecule has 22 heavy (non-hydrogen) atoms. The second kappa shape index (κ2) is 6.63. The van der Waals surface area contributed by atoms with Crippen LogP contribution in [-0.4, -0.2) is 16.8 Å². The smallest absolute Gasteiger partial charge is 0.245 e. The highest BCUT2D eigenvalue weighted by atomic mass is 16.6. The van der Waals surface area contributed by atoms with Gasteiger partial charge >= 0.3 is 0 Å². The van der Waals surface area contributed by atoms with Crippen LogP contribution < -0.4 is 4.57 Å². The van der Waals surface area contributed by atoms with Crippen LogP contribution in [0.25, 0.3) is 0 Å². The summed E-state index contributed by atoms with van der Waals surface area (Å²) < 4.78 is 16.6. The monoisotopic (exact) mass is 301 g/mol. The number of hydrogen-bond acceptors (Lipinski definition) is 2. The summed E-state index contributed by atoms with van der Waals surface area (Å²) in [5.74, 6) is 0.381. The van der Waals surface area contributed by atoms with E-state index in [1.807, 2.05) is 48.5 Å². The number of nitrogens with zero attached hydrogens (tertiary/aromatic N) is 2. The van der Waals surface area contributed by atoms with Crippen LogP contribution in [0.5, 0.6) is 0 Å². The standard InChI is InChI=1S/C18H25N2O2/c1-4-16-14(2)17(21-12-15-8-6-5-7-9-15)18(22-16)20-11-10-19(3)13-20/h5-11,13-14,16-18H,4,12H2,1-3H3/q+1/t14-,16-,17+,18?/m1/s1. The molecule has 0 radical (unpaired) electrons. The van der Waals surface area contributed by atoms with Gasteiger partial charge in [0, 0.05) is 5.92 Å². The first kappa shape index (κ1) is 15.3. The topological polar surface area (TPSA) is 27.3 Å². The summed E-state index contributed by atoms with van der Waals surface area (Å²) in [5, 5.41) is 0. The molecule has 3 rings (SSSR count). The minimum absolute atomic E-state index is 0.0511. The number of ether oxygens (including phenoxy) is 2. The van der Waals surface area contributed by atoms with Gasteiger partial charge in [-0.2, -0.15) is 0 Å². The lowest BCUT2D eigenvalue weighted by molar-refractivity contribution is -0.671. The Balaban J connectivity index is 1.75. The lowest BCUT2D eigenvalue weighted by atomic mass is 9.98. The third-order valence-corrected chi connectivity index (χ3v) is 4.47. The molecule has 0 N–H and O–H groups in total. The normalized spacial score (nSPS) is 28.1. The molecule has 118 valence electrons. The molecule has 4 heteroatoms. The van der Waals surface area contributed by atoms with Gasteiger partial charge in [0.1, 0.15) is 18.5 Å². The fraction of sp³-hybridized carbons (Fsp3) is 0.500. The van der Waals surface area contributed by atoms with Crippen molar-refractivity contribution in [2.75, 3.05) is 0 Å². The van der Waals surface area contributed by atoms with E-state index in [-0.39, 0.29) is 18.4 Å². The van der Waals surface area contributed by atoms with Crippen molar-refractivity contribution < 1.29 is 14.0 Å². The van der Waals surface area contributed by atoms with E-state index in [0.717, 1.165) is 6.42 Å². The first-order valence-corrected chi connectivity index (χ1v) is 8.02. The molecule has 1 aliphatic heterocycles. The molecule has 2 heterocycles. The predicted octanol–water partition coefficient (Wildman–Crippen LogP) is 2.84. The maximum absolute atomic E-state index is 6.25. The summed E-state index contributed by atoms with van der Waals surface area (Å²) in [5.41, 5.74) is 1.20. The molecule has 1 aliphatic rings. The van der Waals surface area contributed by atoms with Gasteiger partial charge in [-0.15, -0.1) is 0 Å². The molecule has 1 unspecified atom stereocenters. The van der Waals surface area contributed by atoms with Crippen molar-refractivity contribution in [3.05, 3.63) is 54.6 Å². The molecule has 4 atom stereocenters. The molecule has 1 saturated heterocycles. The van der Waals surface area contributed by atoms with Gasteiger partial charge in [0.25, 0.3) is 0 Å². The summed E-state index contributed by atoms with van der Waals surface area (Å²) >= 11 is 0. The van der Waals surface area contributed by atoms with Crippen molar-refractivity contribution in [2.45, 2.75) is 45.3 Å². The Morgan fingerprint density at radius 1 is 1.27 bits per heavy atom. The van der Waals surface area contributed by atoms with Gasteiger partial charge in [-0.1, -0.05) is 44.2 Å². The zero-order valence-electron chi connectivity index (χ0n) is 13.6. The van der Waals surface area contributed by atoms with Gasteiger partial charge in [-0.3, -0.25) is 0 Å². The van der Waals surface area contributed by atoms with Crippen molar-refractivity contribution in [1.82, 2.24) is 4.57 Å². The third kappa shape index (κ3) is 3.08. The number of imidazole rings is 1. The van der Waals surface area contributed by atoms with Crippen LogP contribution in [0.3, 0.4) is 0 Å². The fourth-order valence-electron chi connectivity index (χ4n) is 3.18. The van der Waals surface area contributed by atoms with E-state index in [1.165, 1.54) is 5.56 Å². The highest BCUT2D eigenvalue weighted by Crippen LogP contribution is 2.37. The highest BCUT2D eigenvalue weighted by molar-refractivity contribution is 5.13. The van der Waals surface area contributed by atoms with Crippen molar-refractivity contribution in [2.24, 2.45) is 13.0 Å². The Morgan fingerprint density at radius 2 is 2.05 bits per heavy atom. The largest absolute Gasteiger partial charge is 0.366 e. The van der Waals surface area contributed by atoms with Crippen molar-refractivity contribution in [3.63, 3.8) is 0 Å². The van der Waals surface area contributed by atoms with Crippen molar-refractivity contribution in [1.29, 1.82) is 0 Å². The molecule has 4 nitrogen and oxygen atoms in total. The maximum Gasteiger partial charge on any atom is 0.245 e. The van der Waals surface area contributed by atoms with Crippen LogP contribution in [0, 0.1) is 5.92 Å². The molecule has 0 bridgehead atoms. The van der Waals surface area contributed by atoms with E-state index < -0.39 is 0 Å².